The second-order valence-corrected chi connectivity index (χ2v) is 9.08. The van der Waals surface area contributed by atoms with E-state index in [0.29, 0.717) is 6.54 Å². The highest BCUT2D eigenvalue weighted by molar-refractivity contribution is 7.09. The molecule has 0 aliphatic carbocycles. The molecule has 2 unspecified atom stereocenters. The van der Waals surface area contributed by atoms with Gasteiger partial charge in [-0.1, -0.05) is 0 Å². The lowest BCUT2D eigenvalue weighted by molar-refractivity contribution is -0.0119. The Morgan fingerprint density at radius 3 is 2.83 bits per heavy atom. The number of rotatable bonds is 4. The lowest BCUT2D eigenvalue weighted by Gasteiger charge is -2.40. The van der Waals surface area contributed by atoms with Crippen molar-refractivity contribution in [3.8, 4) is 0 Å². The van der Waals surface area contributed by atoms with Crippen LogP contribution >= 0.6 is 11.3 Å². The third-order valence-electron chi connectivity index (χ3n) is 6.27. The van der Waals surface area contributed by atoms with Crippen molar-refractivity contribution >= 4 is 33.7 Å². The Bertz CT molecular complexity index is 1010. The number of aromatic nitrogens is 4. The van der Waals surface area contributed by atoms with Crippen LogP contribution in [0.25, 0.3) is 10.9 Å². The van der Waals surface area contributed by atoms with Crippen LogP contribution in [-0.2, 0) is 10.3 Å². The first-order valence-corrected chi connectivity index (χ1v) is 11.3. The first kappa shape index (κ1) is 19.6. The maximum Gasteiger partial charge on any atom is 0.162 e. The predicted molar refractivity (Wildman–Crippen MR) is 117 cm³/mol. The minimum absolute atomic E-state index is 0.0787. The Hall–Kier alpha value is -2.36. The van der Waals surface area contributed by atoms with E-state index in [1.165, 1.54) is 11.3 Å². The zero-order valence-corrected chi connectivity index (χ0v) is 17.9. The molecule has 1 aromatic carbocycles. The van der Waals surface area contributed by atoms with Crippen molar-refractivity contribution in [1.29, 1.82) is 0 Å². The van der Waals surface area contributed by atoms with Gasteiger partial charge in [0, 0.05) is 54.7 Å². The minimum atomic E-state index is -0.952. The van der Waals surface area contributed by atoms with E-state index in [1.807, 2.05) is 12.3 Å². The minimum Gasteiger partial charge on any atom is -0.383 e. The molecule has 0 amide bonds. The normalized spacial score (nSPS) is 22.3. The van der Waals surface area contributed by atoms with Crippen molar-refractivity contribution in [1.82, 2.24) is 20.4 Å². The number of hydrogen-bond acceptors (Lipinski definition) is 9. The molecule has 2 saturated heterocycles. The van der Waals surface area contributed by atoms with Crippen molar-refractivity contribution in [3.05, 3.63) is 34.8 Å². The lowest BCUT2D eigenvalue weighted by Crippen LogP contribution is -2.45. The Morgan fingerprint density at radius 2 is 2.03 bits per heavy atom. The third-order valence-corrected chi connectivity index (χ3v) is 7.27. The molecule has 2 aliphatic heterocycles. The number of piperidine rings is 1. The second-order valence-electron chi connectivity index (χ2n) is 8.18. The third kappa shape index (κ3) is 3.61. The Labute approximate surface area is 179 Å². The zero-order chi connectivity index (χ0) is 20.6. The molecule has 9 heteroatoms. The lowest BCUT2D eigenvalue weighted by atomic mass is 9.83. The highest BCUT2D eigenvalue weighted by atomic mass is 32.1. The largest absolute Gasteiger partial charge is 0.383 e. The summed E-state index contributed by atoms with van der Waals surface area (Å²) < 4.78 is 5.46. The van der Waals surface area contributed by atoms with E-state index in [9.17, 15) is 5.11 Å². The van der Waals surface area contributed by atoms with Gasteiger partial charge in [-0.3, -0.25) is 0 Å². The van der Waals surface area contributed by atoms with Gasteiger partial charge in [-0.15, -0.1) is 21.5 Å². The number of aliphatic hydroxyl groups is 1. The van der Waals surface area contributed by atoms with Crippen molar-refractivity contribution < 1.29 is 9.84 Å². The van der Waals surface area contributed by atoms with Crippen LogP contribution in [0.15, 0.2) is 29.8 Å². The van der Waals surface area contributed by atoms with Gasteiger partial charge < -0.3 is 19.6 Å². The van der Waals surface area contributed by atoms with E-state index in [1.54, 1.807) is 6.20 Å². The van der Waals surface area contributed by atoms with Crippen molar-refractivity contribution in [2.75, 3.05) is 49.2 Å². The molecule has 2 atom stereocenters. The van der Waals surface area contributed by atoms with Gasteiger partial charge in [-0.05, 0) is 43.2 Å². The quantitative estimate of drug-likeness (QED) is 0.681. The smallest absolute Gasteiger partial charge is 0.162 e. The number of hydrogen-bond donors (Lipinski definition) is 1. The molecule has 8 nitrogen and oxygen atoms in total. The molecule has 158 valence electrons. The van der Waals surface area contributed by atoms with Crippen LogP contribution in [-0.4, -0.2) is 64.9 Å². The molecule has 0 spiro atoms. The molecule has 0 radical (unpaired) electrons. The van der Waals surface area contributed by atoms with Crippen LogP contribution in [0.1, 0.15) is 24.8 Å². The number of ether oxygens (including phenoxy) is 1. The maximum atomic E-state index is 11.2. The van der Waals surface area contributed by atoms with Crippen LogP contribution in [0.2, 0.25) is 0 Å². The van der Waals surface area contributed by atoms with Crippen molar-refractivity contribution in [2.24, 2.45) is 5.92 Å². The molecular weight excluding hydrogens is 400 g/mol. The monoisotopic (exact) mass is 426 g/mol. The number of thiazole rings is 1. The summed E-state index contributed by atoms with van der Waals surface area (Å²) in [4.78, 5) is 8.91. The van der Waals surface area contributed by atoms with E-state index >= 15 is 0 Å². The zero-order valence-electron chi connectivity index (χ0n) is 17.1. The topological polar surface area (TPSA) is 87.5 Å². The van der Waals surface area contributed by atoms with Gasteiger partial charge in [-0.25, -0.2) is 4.98 Å². The van der Waals surface area contributed by atoms with Gasteiger partial charge in [0.05, 0.1) is 13.2 Å². The molecular formula is C21H26N6O2S. The number of fused-ring (bicyclic) bond motifs is 1. The van der Waals surface area contributed by atoms with Crippen molar-refractivity contribution in [2.45, 2.75) is 25.4 Å². The molecule has 0 saturated carbocycles. The Morgan fingerprint density at radius 1 is 1.17 bits per heavy atom. The van der Waals surface area contributed by atoms with Crippen molar-refractivity contribution in [3.63, 3.8) is 0 Å². The molecule has 2 aliphatic rings. The summed E-state index contributed by atoms with van der Waals surface area (Å²) in [6.45, 7) is 6.76. The van der Waals surface area contributed by atoms with E-state index in [0.717, 1.165) is 73.1 Å². The van der Waals surface area contributed by atoms with Crippen LogP contribution in [0.3, 0.4) is 0 Å². The van der Waals surface area contributed by atoms with Gasteiger partial charge in [0.2, 0.25) is 0 Å². The van der Waals surface area contributed by atoms with Crippen LogP contribution in [0.5, 0.6) is 0 Å². The number of nitrogens with zero attached hydrogens (tertiary/aromatic N) is 6. The first-order valence-electron chi connectivity index (χ1n) is 10.5. The highest BCUT2D eigenvalue weighted by Crippen LogP contribution is 2.38. The molecule has 4 heterocycles. The standard InChI is InChI=1S/C21H26N6O2S/c1-21(28,20-22-6-12-30-20)15-3-2-7-27(14-15)19-17-5-4-16(13-18(17)23-25-24-19)26-8-10-29-11-9-26/h4-6,12-13,15,28H,2-3,7-11,14H2,1H3. The van der Waals surface area contributed by atoms with Gasteiger partial charge in [0.1, 0.15) is 16.1 Å². The van der Waals surface area contributed by atoms with Crippen LogP contribution in [0, 0.1) is 5.92 Å². The summed E-state index contributed by atoms with van der Waals surface area (Å²) in [5, 5.41) is 27.6. The molecule has 5 rings (SSSR count). The average Bonchev–Trinajstić information content (AvgIpc) is 3.35. The van der Waals surface area contributed by atoms with E-state index < -0.39 is 5.60 Å². The molecule has 0 bridgehead atoms. The van der Waals surface area contributed by atoms with E-state index in [-0.39, 0.29) is 5.92 Å². The summed E-state index contributed by atoms with van der Waals surface area (Å²) in [5.41, 5.74) is 1.03. The summed E-state index contributed by atoms with van der Waals surface area (Å²) in [6.07, 6.45) is 3.70. The Balaban J connectivity index is 1.42. The van der Waals surface area contributed by atoms with Gasteiger partial charge >= 0.3 is 0 Å². The molecule has 1 N–H and O–H groups in total. The number of morpholine rings is 1. The Kier molecular flexibility index (Phi) is 5.26. The average molecular weight is 427 g/mol. The maximum absolute atomic E-state index is 11.2. The van der Waals surface area contributed by atoms with Crippen LogP contribution < -0.4 is 9.80 Å². The fourth-order valence-corrected chi connectivity index (χ4v) is 5.26. The molecule has 2 fully saturated rings. The fourth-order valence-electron chi connectivity index (χ4n) is 4.49. The number of benzene rings is 1. The molecule has 2 aromatic heterocycles. The second kappa shape index (κ2) is 8.05. The van der Waals surface area contributed by atoms with E-state index in [2.05, 4.69) is 48.4 Å². The van der Waals surface area contributed by atoms with Gasteiger partial charge in [0.15, 0.2) is 5.82 Å². The van der Waals surface area contributed by atoms with Gasteiger partial charge in [-0.2, -0.15) is 0 Å². The highest BCUT2D eigenvalue weighted by Gasteiger charge is 2.39. The van der Waals surface area contributed by atoms with Gasteiger partial charge in [0.25, 0.3) is 0 Å². The summed E-state index contributed by atoms with van der Waals surface area (Å²) in [5.74, 6) is 0.920. The fraction of sp³-hybridized carbons (Fsp3) is 0.524. The molecule has 3 aromatic rings. The van der Waals surface area contributed by atoms with E-state index in [4.69, 9.17) is 4.74 Å². The predicted octanol–water partition coefficient (Wildman–Crippen LogP) is 2.44. The summed E-state index contributed by atoms with van der Waals surface area (Å²) >= 11 is 1.51. The molecule has 30 heavy (non-hydrogen) atoms. The summed E-state index contributed by atoms with van der Waals surface area (Å²) in [6, 6.07) is 6.32. The number of anilines is 2. The first-order chi connectivity index (χ1) is 14.6. The summed E-state index contributed by atoms with van der Waals surface area (Å²) in [7, 11) is 0. The SMILES string of the molecule is CC(O)(c1nccs1)C1CCCN(c2nnnc3cc(N4CCOCC4)ccc23)C1. The van der Waals surface area contributed by atoms with Crippen LogP contribution in [0.4, 0.5) is 11.5 Å².